The van der Waals surface area contributed by atoms with E-state index in [1.54, 1.807) is 0 Å². The van der Waals surface area contributed by atoms with E-state index in [2.05, 4.69) is 46.1 Å². The molecule has 0 radical (unpaired) electrons. The van der Waals surface area contributed by atoms with E-state index in [0.717, 1.165) is 10.8 Å². The third-order valence-electron chi connectivity index (χ3n) is 3.58. The van der Waals surface area contributed by atoms with Crippen LogP contribution >= 0.6 is 34.2 Å². The van der Waals surface area contributed by atoms with Crippen molar-refractivity contribution in [2.45, 2.75) is 25.0 Å². The summed E-state index contributed by atoms with van der Waals surface area (Å²) in [4.78, 5) is 0. The van der Waals surface area contributed by atoms with Gasteiger partial charge in [-0.1, -0.05) is 23.7 Å². The molecule has 21 heavy (non-hydrogen) atoms. The number of rotatable bonds is 5. The molecule has 1 aliphatic rings. The smallest absolute Gasteiger partial charge is 0.120 e. The molecule has 2 aromatic rings. The topological polar surface area (TPSA) is 21.3 Å². The van der Waals surface area contributed by atoms with Crippen molar-refractivity contribution in [1.29, 1.82) is 0 Å². The average molecular weight is 414 g/mol. The van der Waals surface area contributed by atoms with Gasteiger partial charge in [0.05, 0.1) is 12.1 Å². The van der Waals surface area contributed by atoms with E-state index in [1.165, 1.54) is 27.5 Å². The fourth-order valence-corrected chi connectivity index (χ4v) is 3.21. The highest BCUT2D eigenvalue weighted by molar-refractivity contribution is 14.1. The molecular weight excluding hydrogens is 397 g/mol. The van der Waals surface area contributed by atoms with E-state index in [4.69, 9.17) is 16.3 Å². The standard InChI is InChI=1S/C17H17ClINO/c1-20-17(15-10-12(18)5-8-16(15)19)11-3-2-4-14(9-11)21-13-6-7-13/h2-5,8-10,13,17,20H,6-7H2,1H3. The van der Waals surface area contributed by atoms with Crippen molar-refractivity contribution in [3.63, 3.8) is 0 Å². The largest absolute Gasteiger partial charge is 0.490 e. The lowest BCUT2D eigenvalue weighted by molar-refractivity contribution is 0.302. The molecule has 0 amide bonds. The first-order chi connectivity index (χ1) is 10.2. The molecule has 0 aliphatic heterocycles. The summed E-state index contributed by atoms with van der Waals surface area (Å²) in [5.74, 6) is 0.951. The summed E-state index contributed by atoms with van der Waals surface area (Å²) in [6.07, 6.45) is 2.76. The van der Waals surface area contributed by atoms with Crippen molar-refractivity contribution in [2.24, 2.45) is 0 Å². The van der Waals surface area contributed by atoms with Crippen molar-refractivity contribution in [2.75, 3.05) is 7.05 Å². The van der Waals surface area contributed by atoms with E-state index < -0.39 is 0 Å². The molecule has 0 spiro atoms. The van der Waals surface area contributed by atoms with E-state index in [0.29, 0.717) is 6.10 Å². The van der Waals surface area contributed by atoms with Gasteiger partial charge in [-0.25, -0.2) is 0 Å². The third-order valence-corrected chi connectivity index (χ3v) is 4.79. The lowest BCUT2D eigenvalue weighted by Gasteiger charge is -2.20. The highest BCUT2D eigenvalue weighted by atomic mass is 127. The second kappa shape index (κ2) is 6.55. The maximum atomic E-state index is 6.16. The van der Waals surface area contributed by atoms with Crippen molar-refractivity contribution in [3.8, 4) is 5.75 Å². The van der Waals surface area contributed by atoms with Crippen LogP contribution in [-0.4, -0.2) is 13.2 Å². The second-order valence-electron chi connectivity index (χ2n) is 5.28. The zero-order valence-electron chi connectivity index (χ0n) is 11.8. The lowest BCUT2D eigenvalue weighted by Crippen LogP contribution is -2.18. The van der Waals surface area contributed by atoms with E-state index >= 15 is 0 Å². The van der Waals surface area contributed by atoms with Crippen molar-refractivity contribution < 1.29 is 4.74 Å². The normalized spacial score (nSPS) is 15.8. The molecule has 1 unspecified atom stereocenters. The van der Waals surface area contributed by atoms with Gasteiger partial charge < -0.3 is 10.1 Å². The fourth-order valence-electron chi connectivity index (χ4n) is 2.38. The Bertz CT molecular complexity index is 642. The van der Waals surface area contributed by atoms with Crippen LogP contribution in [0.2, 0.25) is 5.02 Å². The van der Waals surface area contributed by atoms with Gasteiger partial charge in [0.2, 0.25) is 0 Å². The van der Waals surface area contributed by atoms with Crippen LogP contribution in [-0.2, 0) is 0 Å². The zero-order valence-corrected chi connectivity index (χ0v) is 14.7. The molecule has 110 valence electrons. The van der Waals surface area contributed by atoms with Crippen LogP contribution in [0.1, 0.15) is 30.0 Å². The highest BCUT2D eigenvalue weighted by Crippen LogP contribution is 2.32. The van der Waals surface area contributed by atoms with Crippen LogP contribution in [0.5, 0.6) is 5.75 Å². The molecule has 1 aliphatic carbocycles. The third kappa shape index (κ3) is 3.71. The van der Waals surface area contributed by atoms with Gasteiger partial charge >= 0.3 is 0 Å². The van der Waals surface area contributed by atoms with E-state index in [9.17, 15) is 0 Å². The molecule has 0 heterocycles. The van der Waals surface area contributed by atoms with Crippen molar-refractivity contribution in [3.05, 3.63) is 62.2 Å². The van der Waals surface area contributed by atoms with Crippen LogP contribution in [0.25, 0.3) is 0 Å². The monoisotopic (exact) mass is 413 g/mol. The first-order valence-electron chi connectivity index (χ1n) is 7.06. The molecule has 4 heteroatoms. The molecular formula is C17H17ClINO. The quantitative estimate of drug-likeness (QED) is 0.711. The molecule has 3 rings (SSSR count). The first kappa shape index (κ1) is 15.1. The molecule has 1 fully saturated rings. The summed E-state index contributed by atoms with van der Waals surface area (Å²) in [6.45, 7) is 0. The van der Waals surface area contributed by atoms with Gasteiger partial charge in [0, 0.05) is 8.59 Å². The van der Waals surface area contributed by atoms with Crippen LogP contribution < -0.4 is 10.1 Å². The predicted octanol–water partition coefficient (Wildman–Crippen LogP) is 4.79. The Balaban J connectivity index is 1.93. The van der Waals surface area contributed by atoms with Gasteiger partial charge in [0.15, 0.2) is 0 Å². The molecule has 1 saturated carbocycles. The molecule has 2 nitrogen and oxygen atoms in total. The number of nitrogens with one attached hydrogen (secondary N) is 1. The van der Waals surface area contributed by atoms with E-state index in [1.807, 2.05) is 31.3 Å². The van der Waals surface area contributed by atoms with Gasteiger partial charge in [-0.2, -0.15) is 0 Å². The zero-order chi connectivity index (χ0) is 14.8. The molecule has 1 N–H and O–H groups in total. The van der Waals surface area contributed by atoms with Gasteiger partial charge in [-0.05, 0) is 83.9 Å². The average Bonchev–Trinajstić information content (AvgIpc) is 3.28. The van der Waals surface area contributed by atoms with Gasteiger partial charge in [0.1, 0.15) is 5.75 Å². The van der Waals surface area contributed by atoms with Crippen LogP contribution in [0.15, 0.2) is 42.5 Å². The fraction of sp³-hybridized carbons (Fsp3) is 0.294. The van der Waals surface area contributed by atoms with Crippen LogP contribution in [0.3, 0.4) is 0 Å². The Morgan fingerprint density at radius 1 is 1.24 bits per heavy atom. The molecule has 0 aromatic heterocycles. The maximum absolute atomic E-state index is 6.16. The Kier molecular flexibility index (Phi) is 4.72. The lowest BCUT2D eigenvalue weighted by atomic mass is 9.99. The number of hydrogen-bond acceptors (Lipinski definition) is 2. The van der Waals surface area contributed by atoms with E-state index in [-0.39, 0.29) is 6.04 Å². The van der Waals surface area contributed by atoms with Gasteiger partial charge in [0.25, 0.3) is 0 Å². The minimum Gasteiger partial charge on any atom is -0.490 e. The summed E-state index contributed by atoms with van der Waals surface area (Å²) >= 11 is 8.51. The molecule has 0 saturated heterocycles. The summed E-state index contributed by atoms with van der Waals surface area (Å²) < 4.78 is 7.09. The minimum absolute atomic E-state index is 0.110. The molecule has 0 bridgehead atoms. The number of benzene rings is 2. The predicted molar refractivity (Wildman–Crippen MR) is 95.2 cm³/mol. The highest BCUT2D eigenvalue weighted by Gasteiger charge is 2.24. The van der Waals surface area contributed by atoms with Crippen molar-refractivity contribution in [1.82, 2.24) is 5.32 Å². The van der Waals surface area contributed by atoms with Crippen LogP contribution in [0.4, 0.5) is 0 Å². The molecule has 1 atom stereocenters. The van der Waals surface area contributed by atoms with Gasteiger partial charge in [-0.3, -0.25) is 0 Å². The first-order valence-corrected chi connectivity index (χ1v) is 8.52. The number of ether oxygens (including phenoxy) is 1. The Morgan fingerprint density at radius 2 is 2.05 bits per heavy atom. The summed E-state index contributed by atoms with van der Waals surface area (Å²) in [6, 6.07) is 14.4. The summed E-state index contributed by atoms with van der Waals surface area (Å²) in [7, 11) is 1.97. The Labute approximate surface area is 144 Å². The summed E-state index contributed by atoms with van der Waals surface area (Å²) in [5, 5.41) is 4.14. The second-order valence-corrected chi connectivity index (χ2v) is 6.88. The Morgan fingerprint density at radius 3 is 2.76 bits per heavy atom. The van der Waals surface area contributed by atoms with Gasteiger partial charge in [-0.15, -0.1) is 0 Å². The maximum Gasteiger partial charge on any atom is 0.120 e. The van der Waals surface area contributed by atoms with Crippen LogP contribution in [0, 0.1) is 3.57 Å². The van der Waals surface area contributed by atoms with Crippen molar-refractivity contribution >= 4 is 34.2 Å². The summed E-state index contributed by atoms with van der Waals surface area (Å²) in [5.41, 5.74) is 2.38. The Hall–Kier alpha value is -0.780. The number of hydrogen-bond donors (Lipinski definition) is 1. The minimum atomic E-state index is 0.110. The SMILES string of the molecule is CNC(c1cccc(OC2CC2)c1)c1cc(Cl)ccc1I. The number of halogens is 2. The molecule has 2 aromatic carbocycles.